The third kappa shape index (κ3) is 3.62. The van der Waals surface area contributed by atoms with E-state index in [4.69, 9.17) is 10.5 Å². The molecule has 1 heterocycles. The van der Waals surface area contributed by atoms with Crippen molar-refractivity contribution in [3.63, 3.8) is 0 Å². The molecule has 1 aliphatic heterocycles. The minimum absolute atomic E-state index is 0.225. The maximum absolute atomic E-state index is 12.1. The highest BCUT2D eigenvalue weighted by Crippen LogP contribution is 2.37. The molecule has 3 nitrogen and oxygen atoms in total. The molecule has 2 rings (SSSR count). The summed E-state index contributed by atoms with van der Waals surface area (Å²) in [5, 5.41) is 0. The highest BCUT2D eigenvalue weighted by Gasteiger charge is 2.34. The number of rotatable bonds is 3. The normalized spacial score (nSPS) is 22.9. The van der Waals surface area contributed by atoms with Gasteiger partial charge in [0.25, 0.3) is 0 Å². The van der Waals surface area contributed by atoms with Gasteiger partial charge in [-0.15, -0.1) is 13.2 Å². The minimum Gasteiger partial charge on any atom is -0.478 e. The predicted octanol–water partition coefficient (Wildman–Crippen LogP) is 3.84. The number of benzene rings is 1. The Labute approximate surface area is 121 Å². The van der Waals surface area contributed by atoms with E-state index in [1.54, 1.807) is 12.1 Å². The van der Waals surface area contributed by atoms with Crippen LogP contribution in [0.2, 0.25) is 0 Å². The number of hydrogen-bond donors (Lipinski definition) is 1. The van der Waals surface area contributed by atoms with Crippen molar-refractivity contribution in [2.75, 3.05) is 6.61 Å². The van der Waals surface area contributed by atoms with Crippen molar-refractivity contribution in [2.24, 2.45) is 5.73 Å². The number of hydrogen-bond acceptors (Lipinski definition) is 3. The van der Waals surface area contributed by atoms with Crippen molar-refractivity contribution in [1.29, 1.82) is 0 Å². The second-order valence-electron chi connectivity index (χ2n) is 5.42. The van der Waals surface area contributed by atoms with Crippen molar-refractivity contribution >= 4 is 0 Å². The summed E-state index contributed by atoms with van der Waals surface area (Å²) in [6.07, 6.45) is -3.16. The molecule has 2 N–H and O–H groups in total. The number of allylic oxidation sites excluding steroid dienone is 1. The Kier molecular flexibility index (Phi) is 4.07. The molecule has 21 heavy (non-hydrogen) atoms. The van der Waals surface area contributed by atoms with Crippen molar-refractivity contribution in [3.05, 3.63) is 41.3 Å². The van der Waals surface area contributed by atoms with Gasteiger partial charge in [0, 0.05) is 5.41 Å². The van der Waals surface area contributed by atoms with Gasteiger partial charge in [0.05, 0.1) is 6.61 Å². The van der Waals surface area contributed by atoms with E-state index in [0.29, 0.717) is 12.5 Å². The number of ether oxygens (including phenoxy) is 2. The smallest absolute Gasteiger partial charge is 0.478 e. The molecule has 0 bridgehead atoms. The summed E-state index contributed by atoms with van der Waals surface area (Å²) >= 11 is 0. The first-order valence-electron chi connectivity index (χ1n) is 6.70. The van der Waals surface area contributed by atoms with Crippen LogP contribution in [0.4, 0.5) is 13.2 Å². The summed E-state index contributed by atoms with van der Waals surface area (Å²) in [7, 11) is 0. The van der Waals surface area contributed by atoms with Crippen LogP contribution < -0.4 is 10.5 Å². The van der Waals surface area contributed by atoms with Crippen molar-refractivity contribution < 1.29 is 22.6 Å². The molecule has 0 spiro atoms. The quantitative estimate of drug-likeness (QED) is 0.922. The lowest BCUT2D eigenvalue weighted by Gasteiger charge is -2.35. The molecule has 1 unspecified atom stereocenters. The molecule has 1 aromatic rings. The Morgan fingerprint density at radius 2 is 1.90 bits per heavy atom. The van der Waals surface area contributed by atoms with Gasteiger partial charge in [-0.1, -0.05) is 26.0 Å². The van der Waals surface area contributed by atoms with Crippen LogP contribution in [0.1, 0.15) is 32.3 Å². The summed E-state index contributed by atoms with van der Waals surface area (Å²) < 4.78 is 45.8. The molecular weight excluding hydrogens is 283 g/mol. The van der Waals surface area contributed by atoms with Crippen molar-refractivity contribution in [2.45, 2.75) is 38.5 Å². The Morgan fingerprint density at radius 3 is 2.43 bits per heavy atom. The molecule has 0 saturated carbocycles. The second-order valence-corrected chi connectivity index (χ2v) is 5.42. The summed E-state index contributed by atoms with van der Waals surface area (Å²) in [5.41, 5.74) is 7.42. The zero-order valence-corrected chi connectivity index (χ0v) is 12.0. The fourth-order valence-corrected chi connectivity index (χ4v) is 2.49. The molecule has 116 valence electrons. The average Bonchev–Trinajstić information content (AvgIpc) is 2.40. The first-order chi connectivity index (χ1) is 9.73. The van der Waals surface area contributed by atoms with E-state index < -0.39 is 6.36 Å². The van der Waals surface area contributed by atoms with E-state index in [1.165, 1.54) is 12.1 Å². The van der Waals surface area contributed by atoms with Crippen LogP contribution in [-0.2, 0) is 10.2 Å². The first-order valence-corrected chi connectivity index (χ1v) is 6.70. The highest BCUT2D eigenvalue weighted by atomic mass is 19.4. The lowest BCUT2D eigenvalue weighted by molar-refractivity contribution is -0.274. The van der Waals surface area contributed by atoms with Gasteiger partial charge < -0.3 is 15.2 Å². The molecule has 0 amide bonds. The fourth-order valence-electron chi connectivity index (χ4n) is 2.49. The second kappa shape index (κ2) is 5.50. The first kappa shape index (κ1) is 15.5. The van der Waals surface area contributed by atoms with E-state index in [-0.39, 0.29) is 11.2 Å². The summed E-state index contributed by atoms with van der Waals surface area (Å²) in [5.74, 6) is 0.240. The molecule has 0 aliphatic carbocycles. The predicted molar refractivity (Wildman–Crippen MR) is 72.6 cm³/mol. The van der Waals surface area contributed by atoms with Crippen LogP contribution in [0.25, 0.3) is 0 Å². The Bertz CT molecular complexity index is 537. The van der Waals surface area contributed by atoms with Gasteiger partial charge >= 0.3 is 6.36 Å². The Balaban J connectivity index is 2.19. The van der Waals surface area contributed by atoms with Crippen molar-refractivity contribution in [3.8, 4) is 5.75 Å². The Hall–Kier alpha value is -1.85. The lowest BCUT2D eigenvalue weighted by atomic mass is 9.76. The zero-order valence-electron chi connectivity index (χ0n) is 12.0. The molecule has 1 atom stereocenters. The van der Waals surface area contributed by atoms with Crippen LogP contribution in [0.3, 0.4) is 0 Å². The van der Waals surface area contributed by atoms with Crippen LogP contribution >= 0.6 is 0 Å². The van der Waals surface area contributed by atoms with E-state index in [2.05, 4.69) is 4.74 Å². The van der Waals surface area contributed by atoms with Gasteiger partial charge in [-0.25, -0.2) is 0 Å². The van der Waals surface area contributed by atoms with E-state index in [0.717, 1.165) is 24.0 Å². The molecule has 1 aromatic carbocycles. The summed E-state index contributed by atoms with van der Waals surface area (Å²) in [4.78, 5) is 0. The average molecular weight is 301 g/mol. The molecule has 0 fully saturated rings. The van der Waals surface area contributed by atoms with Gasteiger partial charge in [-0.2, -0.15) is 0 Å². The maximum atomic E-state index is 12.1. The lowest BCUT2D eigenvalue weighted by Crippen LogP contribution is -2.34. The molecule has 6 heteroatoms. The molecule has 0 radical (unpaired) electrons. The van der Waals surface area contributed by atoms with E-state index in [9.17, 15) is 13.2 Å². The third-order valence-electron chi connectivity index (χ3n) is 3.71. The summed E-state index contributed by atoms with van der Waals surface area (Å²) in [6.45, 7) is 4.41. The molecule has 1 aliphatic rings. The number of halogens is 3. The van der Waals surface area contributed by atoms with Crippen LogP contribution in [0.5, 0.6) is 5.75 Å². The topological polar surface area (TPSA) is 44.5 Å². The number of alkyl halides is 3. The third-order valence-corrected chi connectivity index (χ3v) is 3.71. The molecular formula is C15H18F3NO2. The van der Waals surface area contributed by atoms with E-state index >= 15 is 0 Å². The van der Waals surface area contributed by atoms with Gasteiger partial charge in [0.1, 0.15) is 5.75 Å². The Morgan fingerprint density at radius 1 is 1.29 bits per heavy atom. The van der Waals surface area contributed by atoms with Gasteiger partial charge in [0.2, 0.25) is 0 Å². The monoisotopic (exact) mass is 301 g/mol. The SMILES string of the molecule is CCC1=C(N)OCC(C)(c2ccc(OC(F)(F)F)cc2)C1. The standard InChI is InChI=1S/C15H18F3NO2/c1-3-10-8-14(2,9-20-13(10)19)11-4-6-12(7-5-11)21-15(16,17)18/h4-7H,3,8-9,19H2,1-2H3. The van der Waals surface area contributed by atoms with Crippen LogP contribution in [0, 0.1) is 0 Å². The number of nitrogens with two attached hydrogens (primary N) is 1. The minimum atomic E-state index is -4.67. The molecule has 0 saturated heterocycles. The maximum Gasteiger partial charge on any atom is 0.573 e. The molecule has 0 aromatic heterocycles. The van der Waals surface area contributed by atoms with Crippen LogP contribution in [0.15, 0.2) is 35.7 Å². The zero-order chi connectivity index (χ0) is 15.7. The van der Waals surface area contributed by atoms with Gasteiger partial charge in [0.15, 0.2) is 5.88 Å². The van der Waals surface area contributed by atoms with E-state index in [1.807, 2.05) is 13.8 Å². The largest absolute Gasteiger partial charge is 0.573 e. The van der Waals surface area contributed by atoms with Gasteiger partial charge in [-0.05, 0) is 36.1 Å². The highest BCUT2D eigenvalue weighted by molar-refractivity contribution is 5.34. The fraction of sp³-hybridized carbons (Fsp3) is 0.467. The van der Waals surface area contributed by atoms with Gasteiger partial charge in [-0.3, -0.25) is 0 Å². The van der Waals surface area contributed by atoms with Crippen LogP contribution in [-0.4, -0.2) is 13.0 Å². The summed E-state index contributed by atoms with van der Waals surface area (Å²) in [6, 6.07) is 5.92. The van der Waals surface area contributed by atoms with Crippen molar-refractivity contribution in [1.82, 2.24) is 0 Å².